The van der Waals surface area contributed by atoms with Gasteiger partial charge in [0.05, 0.1) is 0 Å². The molecule has 0 bridgehead atoms. The van der Waals surface area contributed by atoms with Crippen LogP contribution in [-0.4, -0.2) is 5.78 Å². The molecule has 1 heteroatoms. The van der Waals surface area contributed by atoms with Crippen molar-refractivity contribution < 1.29 is 4.79 Å². The number of carbonyl (C=O) groups is 1. The average molecular weight is 122 g/mol. The molecule has 0 aromatic carbocycles. The number of allylic oxidation sites excluding steroid dienone is 4. The molecule has 0 saturated carbocycles. The fourth-order valence-corrected chi connectivity index (χ4v) is 0.874. The van der Waals surface area contributed by atoms with E-state index in [0.29, 0.717) is 0 Å². The maximum atomic E-state index is 10.7. The molecule has 0 saturated heterocycles. The highest BCUT2D eigenvalue weighted by Gasteiger charge is 1.97. The zero-order valence-corrected chi connectivity index (χ0v) is 5.55. The van der Waals surface area contributed by atoms with Gasteiger partial charge in [-0.3, -0.25) is 4.79 Å². The summed E-state index contributed by atoms with van der Waals surface area (Å²) in [7, 11) is 0. The summed E-state index contributed by atoms with van der Waals surface area (Å²) in [5, 5.41) is 0. The van der Waals surface area contributed by atoms with Crippen LogP contribution in [0.5, 0.6) is 0 Å². The molecule has 0 fully saturated rings. The lowest BCUT2D eigenvalue weighted by atomic mass is 10.2. The largest absolute Gasteiger partial charge is 0.290 e. The number of hydrogen-bond donors (Lipinski definition) is 0. The van der Waals surface area contributed by atoms with Gasteiger partial charge >= 0.3 is 0 Å². The monoisotopic (exact) mass is 122 g/mol. The standard InChI is InChI=1S/C8H10O/c1-7-4-2-3-5-8(9)6-7/h3,5-6H,2,4H2,1H3. The first kappa shape index (κ1) is 6.27. The van der Waals surface area contributed by atoms with Crippen molar-refractivity contribution in [1.29, 1.82) is 0 Å². The first-order valence-corrected chi connectivity index (χ1v) is 3.17. The zero-order chi connectivity index (χ0) is 6.69. The second kappa shape index (κ2) is 2.62. The lowest BCUT2D eigenvalue weighted by Crippen LogP contribution is -1.83. The summed E-state index contributed by atoms with van der Waals surface area (Å²) in [6.07, 6.45) is 7.30. The quantitative estimate of drug-likeness (QED) is 0.479. The Bertz CT molecular complexity index is 175. The normalized spacial score (nSPS) is 19.2. The van der Waals surface area contributed by atoms with E-state index in [-0.39, 0.29) is 5.78 Å². The molecule has 1 aliphatic rings. The van der Waals surface area contributed by atoms with E-state index in [1.165, 1.54) is 5.57 Å². The Morgan fingerprint density at radius 1 is 1.56 bits per heavy atom. The van der Waals surface area contributed by atoms with Crippen molar-refractivity contribution in [2.24, 2.45) is 0 Å². The summed E-state index contributed by atoms with van der Waals surface area (Å²) < 4.78 is 0. The van der Waals surface area contributed by atoms with Crippen LogP contribution in [-0.2, 0) is 4.79 Å². The van der Waals surface area contributed by atoms with Gasteiger partial charge < -0.3 is 0 Å². The molecule has 1 aliphatic carbocycles. The first-order valence-electron chi connectivity index (χ1n) is 3.17. The first-order chi connectivity index (χ1) is 4.29. The molecule has 0 spiro atoms. The molecule has 0 aromatic rings. The van der Waals surface area contributed by atoms with E-state index in [2.05, 4.69) is 0 Å². The van der Waals surface area contributed by atoms with Crippen molar-refractivity contribution >= 4 is 5.78 Å². The number of hydrogen-bond acceptors (Lipinski definition) is 1. The molecule has 0 amide bonds. The Labute approximate surface area is 55.1 Å². The molecular weight excluding hydrogens is 112 g/mol. The predicted octanol–water partition coefficient (Wildman–Crippen LogP) is 1.85. The molecule has 0 unspecified atom stereocenters. The summed E-state index contributed by atoms with van der Waals surface area (Å²) in [4.78, 5) is 10.7. The van der Waals surface area contributed by atoms with E-state index >= 15 is 0 Å². The van der Waals surface area contributed by atoms with Crippen LogP contribution in [0.15, 0.2) is 23.8 Å². The van der Waals surface area contributed by atoms with Crippen LogP contribution in [0.4, 0.5) is 0 Å². The summed E-state index contributed by atoms with van der Waals surface area (Å²) in [6, 6.07) is 0. The van der Waals surface area contributed by atoms with Crippen molar-refractivity contribution in [1.82, 2.24) is 0 Å². The predicted molar refractivity (Wildman–Crippen MR) is 37.1 cm³/mol. The van der Waals surface area contributed by atoms with Crippen LogP contribution in [0.1, 0.15) is 19.8 Å². The van der Waals surface area contributed by atoms with E-state index in [0.717, 1.165) is 12.8 Å². The van der Waals surface area contributed by atoms with Gasteiger partial charge in [-0.05, 0) is 31.9 Å². The Hall–Kier alpha value is -0.850. The summed E-state index contributed by atoms with van der Waals surface area (Å²) >= 11 is 0. The number of rotatable bonds is 0. The third-order valence-corrected chi connectivity index (χ3v) is 1.38. The third-order valence-electron chi connectivity index (χ3n) is 1.38. The van der Waals surface area contributed by atoms with Crippen LogP contribution < -0.4 is 0 Å². The molecule has 0 aromatic heterocycles. The van der Waals surface area contributed by atoms with Crippen molar-refractivity contribution in [3.63, 3.8) is 0 Å². The van der Waals surface area contributed by atoms with Crippen molar-refractivity contribution in [3.8, 4) is 0 Å². The Balaban J connectivity index is 2.74. The van der Waals surface area contributed by atoms with Gasteiger partial charge in [-0.15, -0.1) is 0 Å². The van der Waals surface area contributed by atoms with Crippen molar-refractivity contribution in [3.05, 3.63) is 23.8 Å². The summed E-state index contributed by atoms with van der Waals surface area (Å²) in [6.45, 7) is 1.99. The highest BCUT2D eigenvalue weighted by atomic mass is 16.1. The number of carbonyl (C=O) groups excluding carboxylic acids is 1. The van der Waals surface area contributed by atoms with Gasteiger partial charge in [0.1, 0.15) is 0 Å². The zero-order valence-electron chi connectivity index (χ0n) is 5.55. The molecule has 0 atom stereocenters. The summed E-state index contributed by atoms with van der Waals surface area (Å²) in [5.41, 5.74) is 1.19. The molecule has 0 heterocycles. The van der Waals surface area contributed by atoms with Crippen LogP contribution in [0.25, 0.3) is 0 Å². The van der Waals surface area contributed by atoms with Gasteiger partial charge in [0, 0.05) is 0 Å². The fraction of sp³-hybridized carbons (Fsp3) is 0.375. The Kier molecular flexibility index (Phi) is 1.83. The van der Waals surface area contributed by atoms with Crippen molar-refractivity contribution in [2.45, 2.75) is 19.8 Å². The SMILES string of the molecule is CC1=CC(=O)C=CCC1. The van der Waals surface area contributed by atoms with Crippen LogP contribution >= 0.6 is 0 Å². The highest BCUT2D eigenvalue weighted by Crippen LogP contribution is 2.08. The van der Waals surface area contributed by atoms with Crippen LogP contribution in [0.2, 0.25) is 0 Å². The second-order valence-electron chi connectivity index (χ2n) is 2.33. The molecule has 0 aliphatic heterocycles. The molecule has 9 heavy (non-hydrogen) atoms. The highest BCUT2D eigenvalue weighted by molar-refractivity contribution is 5.99. The number of ketones is 1. The lowest BCUT2D eigenvalue weighted by Gasteiger charge is -1.89. The molecule has 0 radical (unpaired) electrons. The van der Waals surface area contributed by atoms with Gasteiger partial charge in [-0.25, -0.2) is 0 Å². The van der Waals surface area contributed by atoms with Gasteiger partial charge in [-0.2, -0.15) is 0 Å². The van der Waals surface area contributed by atoms with E-state index in [9.17, 15) is 4.79 Å². The van der Waals surface area contributed by atoms with Crippen molar-refractivity contribution in [2.75, 3.05) is 0 Å². The summed E-state index contributed by atoms with van der Waals surface area (Å²) in [5.74, 6) is 0.130. The minimum atomic E-state index is 0.130. The van der Waals surface area contributed by atoms with Gasteiger partial charge in [0.2, 0.25) is 0 Å². The van der Waals surface area contributed by atoms with Gasteiger partial charge in [0.25, 0.3) is 0 Å². The third kappa shape index (κ3) is 1.84. The maximum Gasteiger partial charge on any atom is 0.178 e. The van der Waals surface area contributed by atoms with E-state index in [1.807, 2.05) is 13.0 Å². The Morgan fingerprint density at radius 3 is 3.11 bits per heavy atom. The Morgan fingerprint density at radius 2 is 2.33 bits per heavy atom. The topological polar surface area (TPSA) is 17.1 Å². The fourth-order valence-electron chi connectivity index (χ4n) is 0.874. The molecular formula is C8H10O. The minimum Gasteiger partial charge on any atom is -0.290 e. The van der Waals surface area contributed by atoms with Gasteiger partial charge in [0.15, 0.2) is 5.78 Å². The van der Waals surface area contributed by atoms with E-state index in [1.54, 1.807) is 12.2 Å². The second-order valence-corrected chi connectivity index (χ2v) is 2.33. The average Bonchev–Trinajstić information content (AvgIpc) is 1.93. The molecule has 1 nitrogen and oxygen atoms in total. The lowest BCUT2D eigenvalue weighted by molar-refractivity contribution is -0.110. The maximum absolute atomic E-state index is 10.7. The van der Waals surface area contributed by atoms with E-state index < -0.39 is 0 Å². The molecule has 48 valence electrons. The van der Waals surface area contributed by atoms with Crippen LogP contribution in [0.3, 0.4) is 0 Å². The van der Waals surface area contributed by atoms with Crippen LogP contribution in [0, 0.1) is 0 Å². The van der Waals surface area contributed by atoms with Gasteiger partial charge in [-0.1, -0.05) is 11.6 Å². The molecule has 1 rings (SSSR count). The minimum absolute atomic E-state index is 0.130. The van der Waals surface area contributed by atoms with E-state index in [4.69, 9.17) is 0 Å². The smallest absolute Gasteiger partial charge is 0.178 e. The molecule has 0 N–H and O–H groups in total.